The molecule has 2 N–H and O–H groups in total. The van der Waals surface area contributed by atoms with Gasteiger partial charge in [0.1, 0.15) is 5.82 Å². The van der Waals surface area contributed by atoms with Gasteiger partial charge in [-0.25, -0.2) is 9.98 Å². The summed E-state index contributed by atoms with van der Waals surface area (Å²) in [6.07, 6.45) is 9.87. The van der Waals surface area contributed by atoms with E-state index in [0.29, 0.717) is 6.54 Å². The standard InChI is InChI=1S/C22H38N6/c1-3-20-9-5-6-13-27(20)16-12-24-22(23-4-2)26-18-19-10-11-21(25-17-19)28-14-7-8-15-28/h10-11,17,20H,3-9,12-16,18H2,1-2H3,(H2,23,24,26). The summed E-state index contributed by atoms with van der Waals surface area (Å²) in [6, 6.07) is 5.06. The molecule has 0 bridgehead atoms. The Morgan fingerprint density at radius 3 is 2.64 bits per heavy atom. The predicted molar refractivity (Wildman–Crippen MR) is 118 cm³/mol. The van der Waals surface area contributed by atoms with Gasteiger partial charge in [-0.2, -0.15) is 0 Å². The van der Waals surface area contributed by atoms with E-state index in [4.69, 9.17) is 4.99 Å². The van der Waals surface area contributed by atoms with Crippen molar-refractivity contribution >= 4 is 11.8 Å². The number of rotatable bonds is 8. The quantitative estimate of drug-likeness (QED) is 0.531. The molecule has 1 aromatic heterocycles. The van der Waals surface area contributed by atoms with Crippen molar-refractivity contribution < 1.29 is 0 Å². The van der Waals surface area contributed by atoms with E-state index in [1.54, 1.807) is 0 Å². The third-order valence-corrected chi connectivity index (χ3v) is 5.91. The maximum absolute atomic E-state index is 4.76. The third kappa shape index (κ3) is 6.09. The lowest BCUT2D eigenvalue weighted by molar-refractivity contribution is 0.147. The Kier molecular flexibility index (Phi) is 8.40. The number of aliphatic imine (C=N–C) groups is 1. The second-order valence-electron chi connectivity index (χ2n) is 7.93. The molecule has 1 unspecified atom stereocenters. The number of nitrogens with one attached hydrogen (secondary N) is 2. The lowest BCUT2D eigenvalue weighted by atomic mass is 10.0. The molecule has 0 radical (unpaired) electrons. The van der Waals surface area contributed by atoms with Crippen LogP contribution in [0.5, 0.6) is 0 Å². The van der Waals surface area contributed by atoms with Crippen LogP contribution in [0.15, 0.2) is 23.3 Å². The number of nitrogens with zero attached hydrogens (tertiary/aromatic N) is 4. The number of guanidine groups is 1. The summed E-state index contributed by atoms with van der Waals surface area (Å²) in [6.45, 7) is 11.5. The van der Waals surface area contributed by atoms with Crippen LogP contribution in [0.3, 0.4) is 0 Å². The van der Waals surface area contributed by atoms with Gasteiger partial charge in [-0.3, -0.25) is 4.90 Å². The lowest BCUT2D eigenvalue weighted by Crippen LogP contribution is -2.45. The Hall–Kier alpha value is -1.82. The fourth-order valence-electron chi connectivity index (χ4n) is 4.29. The summed E-state index contributed by atoms with van der Waals surface area (Å²) in [5.41, 5.74) is 1.15. The van der Waals surface area contributed by atoms with E-state index >= 15 is 0 Å². The molecule has 3 heterocycles. The minimum atomic E-state index is 0.657. The van der Waals surface area contributed by atoms with Crippen molar-refractivity contribution in [2.45, 2.75) is 65.0 Å². The summed E-state index contributed by atoms with van der Waals surface area (Å²) in [5, 5.41) is 6.87. The van der Waals surface area contributed by atoms with Crippen LogP contribution in [0.25, 0.3) is 0 Å². The van der Waals surface area contributed by atoms with Crippen molar-refractivity contribution in [1.82, 2.24) is 20.5 Å². The number of anilines is 1. The molecule has 2 fully saturated rings. The van der Waals surface area contributed by atoms with Crippen molar-refractivity contribution in [1.29, 1.82) is 0 Å². The monoisotopic (exact) mass is 386 g/mol. The van der Waals surface area contributed by atoms with Crippen LogP contribution < -0.4 is 15.5 Å². The van der Waals surface area contributed by atoms with E-state index in [9.17, 15) is 0 Å². The molecule has 2 aliphatic heterocycles. The second-order valence-corrected chi connectivity index (χ2v) is 7.93. The van der Waals surface area contributed by atoms with Crippen LogP contribution in [-0.4, -0.2) is 61.2 Å². The van der Waals surface area contributed by atoms with Gasteiger partial charge in [0.2, 0.25) is 0 Å². The van der Waals surface area contributed by atoms with Gasteiger partial charge in [-0.15, -0.1) is 0 Å². The van der Waals surface area contributed by atoms with Crippen LogP contribution in [0.4, 0.5) is 5.82 Å². The number of pyridine rings is 1. The van der Waals surface area contributed by atoms with E-state index in [1.807, 2.05) is 6.20 Å². The summed E-state index contributed by atoms with van der Waals surface area (Å²) in [5.74, 6) is 2.00. The normalized spacial score (nSPS) is 21.1. The first-order valence-corrected chi connectivity index (χ1v) is 11.3. The Morgan fingerprint density at radius 1 is 1.11 bits per heavy atom. The molecular formula is C22H38N6. The fraction of sp³-hybridized carbons (Fsp3) is 0.727. The van der Waals surface area contributed by atoms with Crippen LogP contribution in [0.1, 0.15) is 57.9 Å². The molecule has 1 aromatic rings. The first kappa shape index (κ1) is 20.9. The summed E-state index contributed by atoms with van der Waals surface area (Å²) in [4.78, 5) is 14.4. The third-order valence-electron chi connectivity index (χ3n) is 5.91. The zero-order chi connectivity index (χ0) is 19.6. The summed E-state index contributed by atoms with van der Waals surface area (Å²) >= 11 is 0. The number of likely N-dealkylation sites (tertiary alicyclic amines) is 1. The van der Waals surface area contributed by atoms with Crippen molar-refractivity contribution in [3.63, 3.8) is 0 Å². The highest BCUT2D eigenvalue weighted by Gasteiger charge is 2.20. The molecule has 0 saturated carbocycles. The van der Waals surface area contributed by atoms with E-state index in [-0.39, 0.29) is 0 Å². The second kappa shape index (κ2) is 11.2. The van der Waals surface area contributed by atoms with Gasteiger partial charge >= 0.3 is 0 Å². The average Bonchev–Trinajstić information content (AvgIpc) is 3.27. The number of hydrogen-bond donors (Lipinski definition) is 2. The minimum Gasteiger partial charge on any atom is -0.357 e. The highest BCUT2D eigenvalue weighted by atomic mass is 15.2. The van der Waals surface area contributed by atoms with Crippen LogP contribution in [-0.2, 0) is 6.54 Å². The van der Waals surface area contributed by atoms with Gasteiger partial charge in [-0.05, 0) is 57.2 Å². The highest BCUT2D eigenvalue weighted by Crippen LogP contribution is 2.19. The predicted octanol–water partition coefficient (Wildman–Crippen LogP) is 3.00. The first-order valence-electron chi connectivity index (χ1n) is 11.3. The maximum Gasteiger partial charge on any atom is 0.191 e. The lowest BCUT2D eigenvalue weighted by Gasteiger charge is -2.35. The molecule has 1 atom stereocenters. The number of piperidine rings is 1. The van der Waals surface area contributed by atoms with Crippen LogP contribution in [0.2, 0.25) is 0 Å². The highest BCUT2D eigenvalue weighted by molar-refractivity contribution is 5.79. The van der Waals surface area contributed by atoms with Gasteiger partial charge in [0.25, 0.3) is 0 Å². The zero-order valence-corrected chi connectivity index (χ0v) is 17.8. The Labute approximate surface area is 170 Å². The van der Waals surface area contributed by atoms with Crippen molar-refractivity contribution in [3.8, 4) is 0 Å². The van der Waals surface area contributed by atoms with E-state index < -0.39 is 0 Å². The molecule has 6 nitrogen and oxygen atoms in total. The summed E-state index contributed by atoms with van der Waals surface area (Å²) in [7, 11) is 0. The molecule has 2 saturated heterocycles. The molecule has 0 aliphatic carbocycles. The van der Waals surface area contributed by atoms with Crippen molar-refractivity contribution in [2.24, 2.45) is 4.99 Å². The van der Waals surface area contributed by atoms with Crippen molar-refractivity contribution in [3.05, 3.63) is 23.9 Å². The number of hydrogen-bond acceptors (Lipinski definition) is 4. The average molecular weight is 387 g/mol. The van der Waals surface area contributed by atoms with Gasteiger partial charge < -0.3 is 15.5 Å². The molecule has 0 amide bonds. The molecule has 28 heavy (non-hydrogen) atoms. The Balaban J connectivity index is 1.47. The smallest absolute Gasteiger partial charge is 0.191 e. The van der Waals surface area contributed by atoms with Gasteiger partial charge in [0, 0.05) is 45.0 Å². The van der Waals surface area contributed by atoms with E-state index in [2.05, 4.69) is 51.4 Å². The van der Waals surface area contributed by atoms with E-state index in [1.165, 1.54) is 45.1 Å². The van der Waals surface area contributed by atoms with E-state index in [0.717, 1.165) is 56.1 Å². The summed E-state index contributed by atoms with van der Waals surface area (Å²) < 4.78 is 0. The zero-order valence-electron chi connectivity index (χ0n) is 17.8. The molecule has 3 rings (SSSR count). The molecule has 2 aliphatic rings. The molecule has 0 aromatic carbocycles. The Morgan fingerprint density at radius 2 is 1.93 bits per heavy atom. The minimum absolute atomic E-state index is 0.657. The van der Waals surface area contributed by atoms with Crippen LogP contribution >= 0.6 is 0 Å². The topological polar surface area (TPSA) is 55.8 Å². The molecule has 6 heteroatoms. The van der Waals surface area contributed by atoms with Gasteiger partial charge in [0.15, 0.2) is 5.96 Å². The fourth-order valence-corrected chi connectivity index (χ4v) is 4.29. The first-order chi connectivity index (χ1) is 13.8. The maximum atomic E-state index is 4.76. The van der Waals surface area contributed by atoms with Gasteiger partial charge in [0.05, 0.1) is 6.54 Å². The molecule has 156 valence electrons. The number of aromatic nitrogens is 1. The Bertz CT molecular complexity index is 594. The molecule has 0 spiro atoms. The largest absolute Gasteiger partial charge is 0.357 e. The van der Waals surface area contributed by atoms with Crippen LogP contribution in [0, 0.1) is 0 Å². The van der Waals surface area contributed by atoms with Crippen molar-refractivity contribution in [2.75, 3.05) is 44.2 Å². The molecular weight excluding hydrogens is 348 g/mol. The SMILES string of the molecule is CCNC(=NCc1ccc(N2CCCC2)nc1)NCCN1CCCCC1CC. The van der Waals surface area contributed by atoms with Gasteiger partial charge in [-0.1, -0.05) is 19.4 Å².